The van der Waals surface area contributed by atoms with Gasteiger partial charge in [0.25, 0.3) is 0 Å². The molecular weight excluding hydrogens is 256 g/mol. The molecule has 5 nitrogen and oxygen atoms in total. The number of carboxylic acids is 1. The molecule has 0 atom stereocenters. The van der Waals surface area contributed by atoms with Crippen molar-refractivity contribution in [3.8, 4) is 0 Å². The predicted molar refractivity (Wildman–Crippen MR) is 74.3 cm³/mol. The minimum atomic E-state index is -0.766. The van der Waals surface area contributed by atoms with Crippen LogP contribution in [0.5, 0.6) is 0 Å². The number of carbonyl (C=O) groups excluding carboxylic acids is 1. The molecule has 0 heterocycles. The highest BCUT2D eigenvalue weighted by molar-refractivity contribution is 5.74. The molecule has 0 aromatic carbocycles. The number of amides is 2. The highest BCUT2D eigenvalue weighted by Gasteiger charge is 2.53. The highest BCUT2D eigenvalue weighted by Crippen LogP contribution is 2.60. The van der Waals surface area contributed by atoms with Crippen molar-refractivity contribution in [1.82, 2.24) is 10.6 Å². The zero-order valence-corrected chi connectivity index (χ0v) is 11.9. The second-order valence-electron chi connectivity index (χ2n) is 7.10. The van der Waals surface area contributed by atoms with Crippen molar-refractivity contribution in [2.75, 3.05) is 13.1 Å². The van der Waals surface area contributed by atoms with Crippen LogP contribution in [0.15, 0.2) is 0 Å². The van der Waals surface area contributed by atoms with Crippen LogP contribution >= 0.6 is 0 Å². The second kappa shape index (κ2) is 4.93. The lowest BCUT2D eigenvalue weighted by atomic mass is 9.66. The third kappa shape index (κ3) is 2.91. The maximum Gasteiger partial charge on any atom is 0.314 e. The van der Waals surface area contributed by atoms with E-state index in [1.54, 1.807) is 0 Å². The van der Waals surface area contributed by atoms with Crippen molar-refractivity contribution in [2.24, 2.45) is 16.7 Å². The normalized spacial score (nSPS) is 25.4. The van der Waals surface area contributed by atoms with Gasteiger partial charge in [0.1, 0.15) is 0 Å². The minimum absolute atomic E-state index is 0.131. The lowest BCUT2D eigenvalue weighted by Gasteiger charge is -2.40. The second-order valence-corrected chi connectivity index (χ2v) is 7.10. The van der Waals surface area contributed by atoms with Crippen molar-refractivity contribution in [1.29, 1.82) is 0 Å². The standard InChI is InChI=1S/C15H24N2O3/c18-12(19)8-14(4-1-5-14)9-16-13(20)17-10-15(6-7-15)11-2-3-11/h11H,1-10H2,(H,18,19)(H2,16,17,20). The van der Waals surface area contributed by atoms with Gasteiger partial charge in [-0.3, -0.25) is 4.79 Å². The summed E-state index contributed by atoms with van der Waals surface area (Å²) in [4.78, 5) is 22.7. The fourth-order valence-electron chi connectivity index (χ4n) is 3.59. The van der Waals surface area contributed by atoms with Gasteiger partial charge in [-0.15, -0.1) is 0 Å². The Hall–Kier alpha value is -1.26. The van der Waals surface area contributed by atoms with E-state index in [4.69, 9.17) is 5.11 Å². The molecule has 0 radical (unpaired) electrons. The molecule has 3 aliphatic carbocycles. The summed E-state index contributed by atoms with van der Waals surface area (Å²) in [5, 5.41) is 14.8. The summed E-state index contributed by atoms with van der Waals surface area (Å²) in [6, 6.07) is -0.131. The Balaban J connectivity index is 1.39. The van der Waals surface area contributed by atoms with Crippen LogP contribution in [0.1, 0.15) is 51.4 Å². The molecule has 3 rings (SSSR count). The van der Waals surface area contributed by atoms with Crippen LogP contribution in [0, 0.1) is 16.7 Å². The van der Waals surface area contributed by atoms with Crippen LogP contribution in [0.2, 0.25) is 0 Å². The molecule has 0 aromatic rings. The van der Waals surface area contributed by atoms with Crippen molar-refractivity contribution in [3.63, 3.8) is 0 Å². The van der Waals surface area contributed by atoms with Gasteiger partial charge in [0.15, 0.2) is 0 Å². The van der Waals surface area contributed by atoms with Gasteiger partial charge in [-0.2, -0.15) is 0 Å². The van der Waals surface area contributed by atoms with Crippen molar-refractivity contribution in [2.45, 2.75) is 51.4 Å². The molecule has 0 bridgehead atoms. The van der Waals surface area contributed by atoms with Gasteiger partial charge in [-0.1, -0.05) is 6.42 Å². The summed E-state index contributed by atoms with van der Waals surface area (Å²) in [6.45, 7) is 1.27. The molecule has 0 aliphatic heterocycles. The van der Waals surface area contributed by atoms with Crippen LogP contribution < -0.4 is 10.6 Å². The predicted octanol–water partition coefficient (Wildman–Crippen LogP) is 2.12. The maximum absolute atomic E-state index is 11.9. The van der Waals surface area contributed by atoms with Gasteiger partial charge in [0.2, 0.25) is 0 Å². The molecule has 3 N–H and O–H groups in total. The van der Waals surface area contributed by atoms with Gasteiger partial charge < -0.3 is 15.7 Å². The fraction of sp³-hybridized carbons (Fsp3) is 0.867. The minimum Gasteiger partial charge on any atom is -0.481 e. The molecule has 3 aliphatic rings. The molecule has 20 heavy (non-hydrogen) atoms. The number of aliphatic carboxylic acids is 1. The molecule has 0 spiro atoms. The van der Waals surface area contributed by atoms with Gasteiger partial charge in [0, 0.05) is 13.1 Å². The molecule has 5 heteroatoms. The first-order chi connectivity index (χ1) is 9.54. The number of urea groups is 1. The van der Waals surface area contributed by atoms with Crippen LogP contribution in [-0.4, -0.2) is 30.2 Å². The third-order valence-electron chi connectivity index (χ3n) is 5.50. The van der Waals surface area contributed by atoms with E-state index in [1.165, 1.54) is 25.7 Å². The third-order valence-corrected chi connectivity index (χ3v) is 5.50. The maximum atomic E-state index is 11.9. The fourth-order valence-corrected chi connectivity index (χ4v) is 3.59. The summed E-state index contributed by atoms with van der Waals surface area (Å²) in [7, 11) is 0. The number of rotatable bonds is 7. The number of nitrogens with one attached hydrogen (secondary N) is 2. The Kier molecular flexibility index (Phi) is 3.38. The van der Waals surface area contributed by atoms with Crippen LogP contribution in [0.25, 0.3) is 0 Å². The smallest absolute Gasteiger partial charge is 0.314 e. The topological polar surface area (TPSA) is 78.4 Å². The molecular formula is C15H24N2O3. The first-order valence-electron chi connectivity index (χ1n) is 7.77. The van der Waals surface area contributed by atoms with E-state index in [2.05, 4.69) is 10.6 Å². The lowest BCUT2D eigenvalue weighted by Crippen LogP contribution is -2.47. The summed E-state index contributed by atoms with van der Waals surface area (Å²) >= 11 is 0. The van der Waals surface area contributed by atoms with Crippen molar-refractivity contribution >= 4 is 12.0 Å². The van der Waals surface area contributed by atoms with E-state index < -0.39 is 5.97 Å². The van der Waals surface area contributed by atoms with Gasteiger partial charge in [0.05, 0.1) is 6.42 Å². The quantitative estimate of drug-likeness (QED) is 0.668. The molecule has 3 saturated carbocycles. The Bertz CT molecular complexity index is 409. The number of carbonyl (C=O) groups is 2. The largest absolute Gasteiger partial charge is 0.481 e. The van der Waals surface area contributed by atoms with Crippen LogP contribution in [-0.2, 0) is 4.79 Å². The summed E-state index contributed by atoms with van der Waals surface area (Å²) in [6.07, 6.45) is 8.20. The van der Waals surface area contributed by atoms with E-state index in [9.17, 15) is 9.59 Å². The van der Waals surface area contributed by atoms with Crippen LogP contribution in [0.4, 0.5) is 4.79 Å². The summed E-state index contributed by atoms with van der Waals surface area (Å²) in [5.41, 5.74) is 0.212. The Morgan fingerprint density at radius 3 is 2.15 bits per heavy atom. The first-order valence-corrected chi connectivity index (χ1v) is 7.77. The Morgan fingerprint density at radius 1 is 1.05 bits per heavy atom. The van der Waals surface area contributed by atoms with E-state index in [-0.39, 0.29) is 17.9 Å². The van der Waals surface area contributed by atoms with Gasteiger partial charge in [-0.05, 0) is 55.3 Å². The van der Waals surface area contributed by atoms with Crippen molar-refractivity contribution in [3.05, 3.63) is 0 Å². The molecule has 0 unspecified atom stereocenters. The highest BCUT2D eigenvalue weighted by atomic mass is 16.4. The molecule has 112 valence electrons. The lowest BCUT2D eigenvalue weighted by molar-refractivity contribution is -0.141. The molecule has 0 saturated heterocycles. The molecule has 3 fully saturated rings. The van der Waals surface area contributed by atoms with Crippen LogP contribution in [0.3, 0.4) is 0 Å². The Labute approximate surface area is 119 Å². The van der Waals surface area contributed by atoms with Gasteiger partial charge >= 0.3 is 12.0 Å². The van der Waals surface area contributed by atoms with Crippen molar-refractivity contribution < 1.29 is 14.7 Å². The SMILES string of the molecule is O=C(O)CC1(CNC(=O)NCC2(C3CC3)CC2)CCC1. The first kappa shape index (κ1) is 13.7. The molecule has 2 amide bonds. The number of carboxylic acid groups (broad SMARTS) is 1. The summed E-state index contributed by atoms with van der Waals surface area (Å²) < 4.78 is 0. The van der Waals surface area contributed by atoms with Gasteiger partial charge in [-0.25, -0.2) is 4.79 Å². The summed E-state index contributed by atoms with van der Waals surface area (Å²) in [5.74, 6) is 0.0744. The zero-order chi connectivity index (χ0) is 14.2. The number of hydrogen-bond donors (Lipinski definition) is 3. The molecule has 0 aromatic heterocycles. The van der Waals surface area contributed by atoms with E-state index in [1.807, 2.05) is 0 Å². The van der Waals surface area contributed by atoms with E-state index in [0.717, 1.165) is 31.7 Å². The zero-order valence-electron chi connectivity index (χ0n) is 11.9. The van der Waals surface area contributed by atoms with E-state index >= 15 is 0 Å². The Morgan fingerprint density at radius 2 is 1.70 bits per heavy atom. The van der Waals surface area contributed by atoms with E-state index in [0.29, 0.717) is 12.0 Å². The number of hydrogen-bond acceptors (Lipinski definition) is 2. The monoisotopic (exact) mass is 280 g/mol. The average molecular weight is 280 g/mol. The average Bonchev–Trinajstić information content (AvgIpc) is 3.22.